The highest BCUT2D eigenvalue weighted by atomic mass is 19.1. The Morgan fingerprint density at radius 3 is 2.40 bits per heavy atom. The van der Waals surface area contributed by atoms with Crippen molar-refractivity contribution in [3.05, 3.63) is 52.1 Å². The molecule has 0 aliphatic carbocycles. The zero-order valence-electron chi connectivity index (χ0n) is 16.5. The van der Waals surface area contributed by atoms with Crippen molar-refractivity contribution in [3.8, 4) is 5.69 Å². The molecule has 0 atom stereocenters. The molecule has 0 saturated carbocycles. The first-order valence-electron chi connectivity index (χ1n) is 9.70. The van der Waals surface area contributed by atoms with Crippen LogP contribution in [0, 0.1) is 12.7 Å². The van der Waals surface area contributed by atoms with Gasteiger partial charge in [-0.2, -0.15) is 0 Å². The first-order chi connectivity index (χ1) is 14.4. The summed E-state index contributed by atoms with van der Waals surface area (Å²) in [6, 6.07) is 5.28. The van der Waals surface area contributed by atoms with Crippen molar-refractivity contribution >= 4 is 23.0 Å². The summed E-state index contributed by atoms with van der Waals surface area (Å²) in [6.45, 7) is 2.56. The molecule has 4 rings (SSSR count). The molecule has 1 aliphatic rings. The number of amides is 2. The smallest absolute Gasteiger partial charge is 0.335 e. The van der Waals surface area contributed by atoms with Crippen LogP contribution >= 0.6 is 0 Å². The Bertz CT molecular complexity index is 1190. The SMILES string of the molecule is Cc1nc(C(N)=O)c2c(n1)n(-c1ccc(F)cc1)c(=O)n2CC(=O)N1CCCCC1. The van der Waals surface area contributed by atoms with Gasteiger partial charge in [0.2, 0.25) is 5.91 Å². The first-order valence-corrected chi connectivity index (χ1v) is 9.70. The van der Waals surface area contributed by atoms with Crippen LogP contribution in [0.1, 0.15) is 35.6 Å². The number of hydrogen-bond acceptors (Lipinski definition) is 5. The topological polar surface area (TPSA) is 116 Å². The van der Waals surface area contributed by atoms with Crippen LogP contribution in [-0.2, 0) is 11.3 Å². The van der Waals surface area contributed by atoms with Crippen LogP contribution in [0.5, 0.6) is 0 Å². The van der Waals surface area contributed by atoms with Gasteiger partial charge in [-0.25, -0.2) is 23.7 Å². The van der Waals surface area contributed by atoms with E-state index in [1.54, 1.807) is 11.8 Å². The molecule has 1 aliphatic heterocycles. The maximum atomic E-state index is 13.4. The second kappa shape index (κ2) is 7.69. The monoisotopic (exact) mass is 412 g/mol. The summed E-state index contributed by atoms with van der Waals surface area (Å²) in [4.78, 5) is 48.4. The van der Waals surface area contributed by atoms with E-state index < -0.39 is 17.4 Å². The molecule has 0 spiro atoms. The number of primary amides is 1. The summed E-state index contributed by atoms with van der Waals surface area (Å²) >= 11 is 0. The molecule has 2 aromatic heterocycles. The lowest BCUT2D eigenvalue weighted by atomic mass is 10.1. The number of benzene rings is 1. The molecule has 0 bridgehead atoms. The molecule has 1 saturated heterocycles. The van der Waals surface area contributed by atoms with E-state index >= 15 is 0 Å². The number of aromatic nitrogens is 4. The molecule has 9 nitrogen and oxygen atoms in total. The number of fused-ring (bicyclic) bond motifs is 1. The van der Waals surface area contributed by atoms with Crippen molar-refractivity contribution in [1.29, 1.82) is 0 Å². The summed E-state index contributed by atoms with van der Waals surface area (Å²) in [5.74, 6) is -1.28. The van der Waals surface area contributed by atoms with Crippen LogP contribution in [0.15, 0.2) is 29.1 Å². The molecule has 10 heteroatoms. The summed E-state index contributed by atoms with van der Waals surface area (Å²) in [5.41, 5.74) is 5.37. The molecule has 1 aromatic carbocycles. The number of piperidine rings is 1. The first kappa shape index (κ1) is 19.7. The number of imidazole rings is 1. The fourth-order valence-electron chi connectivity index (χ4n) is 3.78. The van der Waals surface area contributed by atoms with Crippen LogP contribution in [0.3, 0.4) is 0 Å². The molecule has 2 amide bonds. The van der Waals surface area contributed by atoms with E-state index in [9.17, 15) is 18.8 Å². The number of rotatable bonds is 4. The Kier molecular flexibility index (Phi) is 5.06. The Morgan fingerprint density at radius 1 is 1.10 bits per heavy atom. The molecule has 2 N–H and O–H groups in total. The van der Waals surface area contributed by atoms with Crippen molar-refractivity contribution in [2.75, 3.05) is 13.1 Å². The Balaban J connectivity index is 1.93. The number of nitrogens with two attached hydrogens (primary N) is 1. The summed E-state index contributed by atoms with van der Waals surface area (Å²) in [7, 11) is 0. The average Bonchev–Trinajstić information content (AvgIpc) is 3.00. The van der Waals surface area contributed by atoms with Crippen molar-refractivity contribution in [1.82, 2.24) is 24.0 Å². The van der Waals surface area contributed by atoms with Gasteiger partial charge in [-0.1, -0.05) is 0 Å². The third kappa shape index (κ3) is 3.44. The van der Waals surface area contributed by atoms with Gasteiger partial charge in [0.15, 0.2) is 11.3 Å². The number of aryl methyl sites for hydroxylation is 1. The van der Waals surface area contributed by atoms with E-state index in [2.05, 4.69) is 9.97 Å². The molecule has 3 heterocycles. The van der Waals surface area contributed by atoms with Crippen molar-refractivity contribution in [3.63, 3.8) is 0 Å². The van der Waals surface area contributed by atoms with Crippen LogP contribution < -0.4 is 11.4 Å². The summed E-state index contributed by atoms with van der Waals surface area (Å²) < 4.78 is 15.8. The molecule has 0 radical (unpaired) electrons. The van der Waals surface area contributed by atoms with Crippen LogP contribution in [-0.4, -0.2) is 48.9 Å². The lowest BCUT2D eigenvalue weighted by Crippen LogP contribution is -2.39. The standard InChI is InChI=1S/C20H21FN6O3/c1-12-23-16(18(22)29)17-19(24-12)27(14-7-5-13(21)6-8-14)20(30)26(17)11-15(28)25-9-3-2-4-10-25/h5-8H,2-4,9-11H2,1H3,(H2,22,29). The van der Waals surface area contributed by atoms with Crippen molar-refractivity contribution < 1.29 is 14.0 Å². The van der Waals surface area contributed by atoms with Crippen LogP contribution in [0.2, 0.25) is 0 Å². The largest absolute Gasteiger partial charge is 0.364 e. The molecule has 3 aromatic rings. The minimum Gasteiger partial charge on any atom is -0.364 e. The Hall–Kier alpha value is -3.56. The third-order valence-corrected chi connectivity index (χ3v) is 5.20. The zero-order chi connectivity index (χ0) is 21.4. The minimum absolute atomic E-state index is 0.0905. The predicted molar refractivity (Wildman–Crippen MR) is 107 cm³/mol. The number of carbonyl (C=O) groups is 2. The van der Waals surface area contributed by atoms with Gasteiger partial charge in [0.05, 0.1) is 5.69 Å². The van der Waals surface area contributed by atoms with E-state index in [0.717, 1.165) is 19.3 Å². The van der Waals surface area contributed by atoms with E-state index in [0.29, 0.717) is 18.8 Å². The molecular weight excluding hydrogens is 391 g/mol. The predicted octanol–water partition coefficient (Wildman–Crippen LogP) is 1.14. The van der Waals surface area contributed by atoms with Gasteiger partial charge in [-0.3, -0.25) is 14.2 Å². The van der Waals surface area contributed by atoms with E-state index in [-0.39, 0.29) is 35.1 Å². The molecule has 156 valence electrons. The number of hydrogen-bond donors (Lipinski definition) is 1. The molecule has 1 fully saturated rings. The van der Waals surface area contributed by atoms with Crippen LogP contribution in [0.4, 0.5) is 4.39 Å². The Morgan fingerprint density at radius 2 is 1.77 bits per heavy atom. The van der Waals surface area contributed by atoms with Gasteiger partial charge in [0, 0.05) is 13.1 Å². The fourth-order valence-corrected chi connectivity index (χ4v) is 3.78. The molecule has 0 unspecified atom stereocenters. The Labute approximate surface area is 170 Å². The zero-order valence-corrected chi connectivity index (χ0v) is 16.5. The highest BCUT2D eigenvalue weighted by Gasteiger charge is 2.26. The van der Waals surface area contributed by atoms with Gasteiger partial charge >= 0.3 is 5.69 Å². The van der Waals surface area contributed by atoms with Crippen molar-refractivity contribution in [2.45, 2.75) is 32.7 Å². The normalized spacial score (nSPS) is 14.3. The second-order valence-electron chi connectivity index (χ2n) is 7.28. The average molecular weight is 412 g/mol. The molecular formula is C20H21FN6O3. The number of likely N-dealkylation sites (tertiary alicyclic amines) is 1. The van der Waals surface area contributed by atoms with Gasteiger partial charge in [0.1, 0.15) is 23.7 Å². The number of carbonyl (C=O) groups excluding carboxylic acids is 2. The molecule has 30 heavy (non-hydrogen) atoms. The second-order valence-corrected chi connectivity index (χ2v) is 7.28. The highest BCUT2D eigenvalue weighted by Crippen LogP contribution is 2.20. The summed E-state index contributed by atoms with van der Waals surface area (Å²) in [5, 5.41) is 0. The number of nitrogens with zero attached hydrogens (tertiary/aromatic N) is 5. The van der Waals surface area contributed by atoms with E-state index in [1.807, 2.05) is 0 Å². The van der Waals surface area contributed by atoms with Gasteiger partial charge in [-0.05, 0) is 50.5 Å². The fraction of sp³-hybridized carbons (Fsp3) is 0.350. The van der Waals surface area contributed by atoms with Gasteiger partial charge in [0.25, 0.3) is 5.91 Å². The minimum atomic E-state index is -0.832. The van der Waals surface area contributed by atoms with Crippen molar-refractivity contribution in [2.24, 2.45) is 5.73 Å². The maximum Gasteiger partial charge on any atom is 0.335 e. The van der Waals surface area contributed by atoms with Gasteiger partial charge < -0.3 is 10.6 Å². The number of halogens is 1. The maximum absolute atomic E-state index is 13.4. The van der Waals surface area contributed by atoms with E-state index in [1.165, 1.54) is 33.4 Å². The highest BCUT2D eigenvalue weighted by molar-refractivity contribution is 6.02. The lowest BCUT2D eigenvalue weighted by Gasteiger charge is -2.26. The lowest BCUT2D eigenvalue weighted by molar-refractivity contribution is -0.132. The van der Waals surface area contributed by atoms with Crippen LogP contribution in [0.25, 0.3) is 16.9 Å². The summed E-state index contributed by atoms with van der Waals surface area (Å²) in [6.07, 6.45) is 2.88. The van der Waals surface area contributed by atoms with E-state index in [4.69, 9.17) is 5.73 Å². The third-order valence-electron chi connectivity index (χ3n) is 5.20. The quantitative estimate of drug-likeness (QED) is 0.690. The van der Waals surface area contributed by atoms with Gasteiger partial charge in [-0.15, -0.1) is 0 Å².